The van der Waals surface area contributed by atoms with Crippen LogP contribution in [0.3, 0.4) is 0 Å². The van der Waals surface area contributed by atoms with E-state index in [0.29, 0.717) is 0 Å². The number of hydrogen-bond acceptors (Lipinski definition) is 2. The predicted octanol–water partition coefficient (Wildman–Crippen LogP) is 8.61. The zero-order valence-corrected chi connectivity index (χ0v) is 21.8. The molecule has 0 atom stereocenters. The van der Waals surface area contributed by atoms with Crippen molar-refractivity contribution in [1.82, 2.24) is 4.57 Å². The molecule has 36 heavy (non-hydrogen) atoms. The quantitative estimate of drug-likeness (QED) is 0.262. The molecular formula is C33H31NO2. The molecule has 0 spiro atoms. The van der Waals surface area contributed by atoms with Crippen molar-refractivity contribution < 1.29 is 9.47 Å². The van der Waals surface area contributed by atoms with Crippen molar-refractivity contribution in [3.63, 3.8) is 0 Å². The van der Waals surface area contributed by atoms with E-state index in [1.165, 1.54) is 38.9 Å². The SMILES string of the molecule is Cc1ccccc1-c1c2c(c(-c3ccccc3C)c3c1cc(-c1ccccc1C)n3C)OC(C)(C)O2. The number of rotatable bonds is 3. The van der Waals surface area contributed by atoms with Crippen molar-refractivity contribution in [2.24, 2.45) is 7.05 Å². The second kappa shape index (κ2) is 8.03. The van der Waals surface area contributed by atoms with Crippen molar-refractivity contribution >= 4 is 10.9 Å². The Balaban J connectivity index is 1.83. The van der Waals surface area contributed by atoms with Gasteiger partial charge in [-0.3, -0.25) is 0 Å². The van der Waals surface area contributed by atoms with Gasteiger partial charge in [-0.25, -0.2) is 0 Å². The minimum Gasteiger partial charge on any atom is -0.448 e. The van der Waals surface area contributed by atoms with Crippen LogP contribution in [-0.4, -0.2) is 10.4 Å². The smallest absolute Gasteiger partial charge is 0.246 e. The Kier molecular flexibility index (Phi) is 5.01. The van der Waals surface area contributed by atoms with Gasteiger partial charge >= 0.3 is 0 Å². The Bertz CT molecular complexity index is 1650. The summed E-state index contributed by atoms with van der Waals surface area (Å²) in [5.41, 5.74) is 11.7. The Morgan fingerprint density at radius 3 is 1.58 bits per heavy atom. The average molecular weight is 474 g/mol. The highest BCUT2D eigenvalue weighted by Gasteiger charge is 2.39. The maximum absolute atomic E-state index is 6.60. The highest BCUT2D eigenvalue weighted by Crippen LogP contribution is 2.57. The molecule has 6 rings (SSSR count). The van der Waals surface area contributed by atoms with E-state index in [1.807, 2.05) is 13.8 Å². The van der Waals surface area contributed by atoms with Crippen molar-refractivity contribution in [1.29, 1.82) is 0 Å². The summed E-state index contributed by atoms with van der Waals surface area (Å²) in [6.07, 6.45) is 0. The molecule has 0 N–H and O–H groups in total. The largest absolute Gasteiger partial charge is 0.448 e. The maximum atomic E-state index is 6.60. The highest BCUT2D eigenvalue weighted by atomic mass is 16.7. The Morgan fingerprint density at radius 1 is 0.611 bits per heavy atom. The monoisotopic (exact) mass is 473 g/mol. The molecule has 3 heteroatoms. The first-order chi connectivity index (χ1) is 17.3. The van der Waals surface area contributed by atoms with Crippen LogP contribution in [0.4, 0.5) is 0 Å². The lowest BCUT2D eigenvalue weighted by Crippen LogP contribution is -2.30. The number of aromatic nitrogens is 1. The number of benzene rings is 4. The van der Waals surface area contributed by atoms with Gasteiger partial charge in [-0.2, -0.15) is 0 Å². The molecule has 4 aromatic carbocycles. The molecular weight excluding hydrogens is 442 g/mol. The molecule has 1 aliphatic rings. The zero-order chi connectivity index (χ0) is 25.2. The maximum Gasteiger partial charge on any atom is 0.246 e. The first kappa shape index (κ1) is 22.5. The molecule has 2 heterocycles. The summed E-state index contributed by atoms with van der Waals surface area (Å²) in [6, 6.07) is 28.0. The number of aryl methyl sites for hydroxylation is 4. The average Bonchev–Trinajstić information content (AvgIpc) is 3.35. The van der Waals surface area contributed by atoms with E-state index >= 15 is 0 Å². The van der Waals surface area contributed by atoms with Gasteiger partial charge in [0.1, 0.15) is 0 Å². The van der Waals surface area contributed by atoms with Crippen LogP contribution in [0.2, 0.25) is 0 Å². The van der Waals surface area contributed by atoms with Gasteiger partial charge in [0.25, 0.3) is 0 Å². The first-order valence-corrected chi connectivity index (χ1v) is 12.5. The molecule has 0 aliphatic carbocycles. The summed E-state index contributed by atoms with van der Waals surface area (Å²) in [6.45, 7) is 10.5. The van der Waals surface area contributed by atoms with Crippen LogP contribution in [0.15, 0.2) is 78.9 Å². The molecule has 1 aromatic heterocycles. The molecule has 1 aliphatic heterocycles. The van der Waals surface area contributed by atoms with E-state index < -0.39 is 5.79 Å². The fraction of sp³-hybridized carbons (Fsp3) is 0.212. The van der Waals surface area contributed by atoms with E-state index in [9.17, 15) is 0 Å². The van der Waals surface area contributed by atoms with Crippen LogP contribution >= 0.6 is 0 Å². The van der Waals surface area contributed by atoms with Gasteiger partial charge in [0, 0.05) is 43.1 Å². The molecule has 180 valence electrons. The van der Waals surface area contributed by atoms with E-state index in [2.05, 4.69) is 111 Å². The van der Waals surface area contributed by atoms with Crippen LogP contribution in [0.1, 0.15) is 30.5 Å². The Hall–Kier alpha value is -3.98. The third-order valence-corrected chi connectivity index (χ3v) is 7.34. The molecule has 0 bridgehead atoms. The predicted molar refractivity (Wildman–Crippen MR) is 149 cm³/mol. The molecule has 5 aromatic rings. The van der Waals surface area contributed by atoms with E-state index in [1.54, 1.807) is 0 Å². The van der Waals surface area contributed by atoms with Gasteiger partial charge in [0.15, 0.2) is 11.5 Å². The lowest BCUT2D eigenvalue weighted by molar-refractivity contribution is -0.0426. The molecule has 0 radical (unpaired) electrons. The lowest BCUT2D eigenvalue weighted by Gasteiger charge is -2.18. The number of ether oxygens (including phenoxy) is 2. The van der Waals surface area contributed by atoms with Crippen LogP contribution in [-0.2, 0) is 7.05 Å². The van der Waals surface area contributed by atoms with Crippen molar-refractivity contribution in [3.8, 4) is 45.0 Å². The molecule has 0 fully saturated rings. The summed E-state index contributed by atoms with van der Waals surface area (Å²) in [5.74, 6) is 0.882. The second-order valence-corrected chi connectivity index (χ2v) is 10.3. The highest BCUT2D eigenvalue weighted by molar-refractivity contribution is 6.12. The van der Waals surface area contributed by atoms with E-state index in [0.717, 1.165) is 33.7 Å². The summed E-state index contributed by atoms with van der Waals surface area (Å²) in [5, 5.41) is 1.17. The van der Waals surface area contributed by atoms with Gasteiger partial charge in [0.2, 0.25) is 5.79 Å². The number of nitrogens with zero attached hydrogens (tertiary/aromatic N) is 1. The van der Waals surface area contributed by atoms with Crippen LogP contribution < -0.4 is 9.47 Å². The Morgan fingerprint density at radius 2 is 1.06 bits per heavy atom. The minimum absolute atomic E-state index is 0.757. The zero-order valence-electron chi connectivity index (χ0n) is 21.8. The fourth-order valence-corrected chi connectivity index (χ4v) is 5.60. The third-order valence-electron chi connectivity index (χ3n) is 7.34. The molecule has 0 saturated carbocycles. The molecule has 0 unspecified atom stereocenters. The number of fused-ring (bicyclic) bond motifs is 2. The van der Waals surface area contributed by atoms with Crippen molar-refractivity contribution in [3.05, 3.63) is 95.6 Å². The van der Waals surface area contributed by atoms with Crippen molar-refractivity contribution in [2.75, 3.05) is 0 Å². The van der Waals surface area contributed by atoms with Crippen LogP contribution in [0.5, 0.6) is 11.5 Å². The summed E-state index contributed by atoms with van der Waals surface area (Å²) < 4.78 is 15.5. The second-order valence-electron chi connectivity index (χ2n) is 10.3. The van der Waals surface area contributed by atoms with Crippen molar-refractivity contribution in [2.45, 2.75) is 40.4 Å². The molecule has 3 nitrogen and oxygen atoms in total. The van der Waals surface area contributed by atoms with E-state index in [4.69, 9.17) is 9.47 Å². The standard InChI is InChI=1S/C33H31NO2/c1-20-13-7-10-16-23(20)27-19-26-28(24-17-11-8-14-21(24)2)31-32(36-33(4,5)35-31)29(30(26)34(27)6)25-18-12-9-15-22(25)3/h7-19H,1-6H3. The summed E-state index contributed by atoms with van der Waals surface area (Å²) >= 11 is 0. The summed E-state index contributed by atoms with van der Waals surface area (Å²) in [7, 11) is 2.17. The van der Waals surface area contributed by atoms with E-state index in [-0.39, 0.29) is 0 Å². The fourth-order valence-electron chi connectivity index (χ4n) is 5.60. The van der Waals surface area contributed by atoms with Crippen LogP contribution in [0, 0.1) is 20.8 Å². The Labute approximate surface area is 212 Å². The van der Waals surface area contributed by atoms with Gasteiger partial charge in [0.05, 0.1) is 11.1 Å². The molecule has 0 amide bonds. The first-order valence-electron chi connectivity index (χ1n) is 12.5. The van der Waals surface area contributed by atoms with Crippen LogP contribution in [0.25, 0.3) is 44.4 Å². The minimum atomic E-state index is -0.757. The van der Waals surface area contributed by atoms with Gasteiger partial charge in [-0.1, -0.05) is 72.8 Å². The normalized spacial score (nSPS) is 13.9. The lowest BCUT2D eigenvalue weighted by atomic mass is 9.90. The number of hydrogen-bond donors (Lipinski definition) is 0. The van der Waals surface area contributed by atoms with Gasteiger partial charge < -0.3 is 14.0 Å². The van der Waals surface area contributed by atoms with Gasteiger partial charge in [-0.15, -0.1) is 0 Å². The van der Waals surface area contributed by atoms with Gasteiger partial charge in [-0.05, 0) is 54.7 Å². The summed E-state index contributed by atoms with van der Waals surface area (Å²) in [4.78, 5) is 0. The molecule has 0 saturated heterocycles. The third kappa shape index (κ3) is 3.34. The topological polar surface area (TPSA) is 23.4 Å².